The van der Waals surface area contributed by atoms with Gasteiger partial charge in [-0.15, -0.1) is 10.2 Å². The number of benzene rings is 5. The second-order valence-electron chi connectivity index (χ2n) is 12.9. The van der Waals surface area contributed by atoms with Crippen molar-refractivity contribution >= 4 is 95.7 Å². The summed E-state index contributed by atoms with van der Waals surface area (Å²) in [6, 6.07) is 20.3. The molecule has 0 aliphatic rings. The van der Waals surface area contributed by atoms with Crippen LogP contribution in [0.5, 0.6) is 5.75 Å². The molecule has 0 amide bonds. The summed E-state index contributed by atoms with van der Waals surface area (Å²) >= 11 is 0. The Kier molecular flexibility index (Phi) is 13.3. The van der Waals surface area contributed by atoms with Crippen LogP contribution < -0.4 is 16.1 Å². The maximum absolute atomic E-state index is 13.0. The summed E-state index contributed by atoms with van der Waals surface area (Å²) in [4.78, 5) is 17.5. The Morgan fingerprint density at radius 3 is 1.98 bits per heavy atom. The number of phenols is 1. The molecule has 0 bridgehead atoms. The van der Waals surface area contributed by atoms with Gasteiger partial charge in [-0.05, 0) is 73.0 Å². The van der Waals surface area contributed by atoms with Crippen LogP contribution in [0.2, 0.25) is 0 Å². The van der Waals surface area contributed by atoms with Gasteiger partial charge in [0.25, 0.3) is 30.4 Å². The van der Waals surface area contributed by atoms with Crippen LogP contribution in [-0.4, -0.2) is 99.3 Å². The second-order valence-corrected chi connectivity index (χ2v) is 20.3. The third kappa shape index (κ3) is 11.3. The first kappa shape index (κ1) is 47.2. The number of hydrogen-bond donors (Lipinski definition) is 7. The lowest BCUT2D eigenvalue weighted by Gasteiger charge is -2.21. The van der Waals surface area contributed by atoms with E-state index >= 15 is 0 Å². The van der Waals surface area contributed by atoms with Gasteiger partial charge in [0.2, 0.25) is 17.2 Å². The number of fused-ring (bicyclic) bond motifs is 1. The van der Waals surface area contributed by atoms with E-state index in [1.54, 1.807) is 42.2 Å². The SMILES string of the molecule is CCN(c1ccccc1)c1nc(=Nc2cccc(S(=O)(=O)CCOS(=O)(=O)O)c2)[nH]c(=Nc2cc(S(=O)(=O)O)cc3cc(S(=O)(=O)O)c(N=Nc4ccccc4S(=O)(=O)O)c(O)c23)[nH]1. The van der Waals surface area contributed by atoms with Gasteiger partial charge in [0.05, 0.1) is 38.9 Å². The molecule has 0 saturated carbocycles. The number of azo groups is 1. The van der Waals surface area contributed by atoms with Gasteiger partial charge in [0.1, 0.15) is 21.2 Å². The molecule has 0 unspecified atom stereocenters. The van der Waals surface area contributed by atoms with E-state index in [1.807, 2.05) is 0 Å². The summed E-state index contributed by atoms with van der Waals surface area (Å²) in [7, 11) is -24.5. The molecule has 338 valence electrons. The Bertz CT molecular complexity index is 3570. The predicted molar refractivity (Wildman–Crippen MR) is 224 cm³/mol. The number of sulfone groups is 1. The average molecular weight is 981 g/mol. The van der Waals surface area contributed by atoms with Crippen LogP contribution in [0.15, 0.2) is 137 Å². The fraction of sp³-hybridized carbons (Fsp3) is 0.114. The highest BCUT2D eigenvalue weighted by molar-refractivity contribution is 7.91. The topological polar surface area (TPSA) is 378 Å². The molecule has 1 heterocycles. The van der Waals surface area contributed by atoms with Crippen LogP contribution in [0.4, 0.5) is 34.4 Å². The highest BCUT2D eigenvalue weighted by atomic mass is 32.3. The quantitative estimate of drug-likeness (QED) is 0.0565. The van der Waals surface area contributed by atoms with Crippen molar-refractivity contribution in [1.82, 2.24) is 15.0 Å². The standard InChI is InChI=1S/C35H32N8O16S5/c1-2-43(23-10-4-3-5-11-23)35-39-33(36-22-9-8-12-24(19-22)60(45,46)16-15-59-64(56,57)58)38-34(40-35)37-27-20-25(61(47,48)49)17-21-18-29(63(53,54)55)31(32(44)30(21)27)42-41-26-13-6-7-14-28(26)62(50,51)52/h3-14,17-20,44H,2,15-16H2,1H3,(H,47,48,49)(H,50,51,52)(H,53,54,55)(H,56,57,58)(H2,36,37,38,39,40). The van der Waals surface area contributed by atoms with Crippen molar-refractivity contribution in [3.63, 3.8) is 0 Å². The molecule has 29 heteroatoms. The summed E-state index contributed by atoms with van der Waals surface area (Å²) in [6.07, 6.45) is 0. The van der Waals surface area contributed by atoms with Gasteiger partial charge in [-0.1, -0.05) is 36.4 Å². The van der Waals surface area contributed by atoms with Crippen molar-refractivity contribution in [2.45, 2.75) is 26.5 Å². The molecule has 0 aliphatic carbocycles. The molecule has 0 spiro atoms. The number of aromatic nitrogens is 3. The third-order valence-corrected chi connectivity index (χ3v) is 13.4. The number of nitrogens with zero attached hydrogens (tertiary/aromatic N) is 6. The lowest BCUT2D eigenvalue weighted by molar-refractivity contribution is 0.284. The summed E-state index contributed by atoms with van der Waals surface area (Å²) in [5, 5.41) is 18.1. The maximum atomic E-state index is 13.0. The van der Waals surface area contributed by atoms with Gasteiger partial charge >= 0.3 is 10.4 Å². The van der Waals surface area contributed by atoms with Crippen molar-refractivity contribution < 1.29 is 69.6 Å². The van der Waals surface area contributed by atoms with Crippen molar-refractivity contribution in [3.05, 3.63) is 108 Å². The molecule has 64 heavy (non-hydrogen) atoms. The van der Waals surface area contributed by atoms with E-state index in [0.29, 0.717) is 11.8 Å². The maximum Gasteiger partial charge on any atom is 0.397 e. The zero-order valence-corrected chi connectivity index (χ0v) is 36.4. The van der Waals surface area contributed by atoms with Gasteiger partial charge in [0, 0.05) is 12.2 Å². The van der Waals surface area contributed by atoms with Crippen molar-refractivity contribution in [3.8, 4) is 5.75 Å². The van der Waals surface area contributed by atoms with E-state index in [2.05, 4.69) is 39.3 Å². The normalized spacial score (nSPS) is 13.5. The smallest absolute Gasteiger partial charge is 0.397 e. The molecule has 24 nitrogen and oxygen atoms in total. The molecule has 1 aromatic heterocycles. The number of para-hydroxylation sites is 1. The molecule has 0 fully saturated rings. The monoisotopic (exact) mass is 980 g/mol. The Morgan fingerprint density at radius 2 is 1.34 bits per heavy atom. The van der Waals surface area contributed by atoms with Gasteiger partial charge in [-0.2, -0.15) is 38.7 Å². The van der Waals surface area contributed by atoms with Crippen LogP contribution in [0, 0.1) is 0 Å². The molecule has 7 N–H and O–H groups in total. The molecule has 0 saturated heterocycles. The van der Waals surface area contributed by atoms with Crippen LogP contribution in [0.25, 0.3) is 10.8 Å². The van der Waals surface area contributed by atoms with Crippen LogP contribution in [0.3, 0.4) is 0 Å². The van der Waals surface area contributed by atoms with Crippen LogP contribution >= 0.6 is 0 Å². The van der Waals surface area contributed by atoms with Gasteiger partial charge in [0.15, 0.2) is 15.6 Å². The summed E-state index contributed by atoms with van der Waals surface area (Å²) in [5.41, 5.74) is -2.14. The van der Waals surface area contributed by atoms with E-state index in [0.717, 1.165) is 30.3 Å². The lowest BCUT2D eigenvalue weighted by atomic mass is 10.1. The number of anilines is 2. The molecule has 0 atom stereocenters. The number of rotatable bonds is 15. The number of H-pyrrole nitrogens is 2. The minimum atomic E-state index is -5.35. The summed E-state index contributed by atoms with van der Waals surface area (Å²) < 4.78 is 165. The lowest BCUT2D eigenvalue weighted by Crippen LogP contribution is -2.32. The minimum Gasteiger partial charge on any atom is -0.505 e. The molecule has 5 aromatic carbocycles. The van der Waals surface area contributed by atoms with Crippen molar-refractivity contribution in [1.29, 1.82) is 0 Å². The first-order valence-corrected chi connectivity index (χ1v) is 25.0. The number of aromatic amines is 2. The molecule has 0 aliphatic heterocycles. The predicted octanol–water partition coefficient (Wildman–Crippen LogP) is 3.97. The highest BCUT2D eigenvalue weighted by Gasteiger charge is 2.26. The van der Waals surface area contributed by atoms with Crippen molar-refractivity contribution in [2.24, 2.45) is 20.2 Å². The molecule has 6 rings (SSSR count). The summed E-state index contributed by atoms with van der Waals surface area (Å²) in [6.45, 7) is 1.09. The average Bonchev–Trinajstić information content (AvgIpc) is 3.19. The molecule has 6 aromatic rings. The highest BCUT2D eigenvalue weighted by Crippen LogP contribution is 2.46. The largest absolute Gasteiger partial charge is 0.505 e. The van der Waals surface area contributed by atoms with Crippen LogP contribution in [0.1, 0.15) is 6.92 Å². The Hall–Kier alpha value is -6.28. The van der Waals surface area contributed by atoms with Gasteiger partial charge < -0.3 is 10.0 Å². The van der Waals surface area contributed by atoms with Crippen LogP contribution in [-0.2, 0) is 54.8 Å². The molecule has 0 radical (unpaired) electrons. The van der Waals surface area contributed by atoms with E-state index in [9.17, 15) is 60.9 Å². The minimum absolute atomic E-state index is 0.0104. The number of aromatic hydroxyl groups is 1. The molecular formula is C35H32N8O16S5. The number of phenolic OH excluding ortho intramolecular Hbond substituents is 1. The zero-order chi connectivity index (χ0) is 46.8. The fourth-order valence-electron chi connectivity index (χ4n) is 5.89. The second kappa shape index (κ2) is 18.1. The first-order chi connectivity index (χ1) is 29.8. The molecular weight excluding hydrogens is 949 g/mol. The first-order valence-electron chi connectivity index (χ1n) is 17.7. The van der Waals surface area contributed by atoms with Gasteiger partial charge in [-0.3, -0.25) is 28.2 Å². The van der Waals surface area contributed by atoms with Crippen molar-refractivity contribution in [2.75, 3.05) is 23.8 Å². The van der Waals surface area contributed by atoms with E-state index in [-0.39, 0.29) is 34.3 Å². The third-order valence-electron chi connectivity index (χ3n) is 8.62. The van der Waals surface area contributed by atoms with E-state index < -0.39 is 111 Å². The number of nitrogens with one attached hydrogen (secondary N) is 2. The fourth-order valence-corrected chi connectivity index (χ4v) is 9.23. The van der Waals surface area contributed by atoms with E-state index in [4.69, 9.17) is 4.55 Å². The Labute approximate surface area is 363 Å². The number of hydrogen-bond acceptors (Lipinski definition) is 18. The van der Waals surface area contributed by atoms with E-state index in [1.165, 1.54) is 30.3 Å². The summed E-state index contributed by atoms with van der Waals surface area (Å²) in [5.74, 6) is -1.96. The Morgan fingerprint density at radius 1 is 0.672 bits per heavy atom. The van der Waals surface area contributed by atoms with Gasteiger partial charge in [-0.25, -0.2) is 22.6 Å². The zero-order valence-electron chi connectivity index (χ0n) is 32.3. The Balaban J connectivity index is 1.64.